The van der Waals surface area contributed by atoms with Crippen molar-refractivity contribution in [3.8, 4) is 33.4 Å². The predicted molar refractivity (Wildman–Crippen MR) is 231 cm³/mol. The first-order chi connectivity index (χ1) is 33.0. The van der Waals surface area contributed by atoms with E-state index in [9.17, 15) is 98.4 Å². The van der Waals surface area contributed by atoms with Crippen LogP contribution in [0, 0.1) is 0 Å². The van der Waals surface area contributed by atoms with E-state index < -0.39 is 155 Å². The summed E-state index contributed by atoms with van der Waals surface area (Å²) in [5.74, 6) is -21.1. The minimum atomic E-state index is -1.86. The number of benzene rings is 6. The molecule has 0 bridgehead atoms. The standard InChI is InChI=1S/C48H26O22/c49-37(50)25-13-10-19(16-31(25)42(59)60)22-4-1-7-28(40(55)56)34(22)46(66)69-45(65)30-9-3-6-24(21-12-15-27(39(53)54)33(18-21)44(63)64)36(30)48(68)70-47(67)35-23(5-2-8-29(35)41(57)58)20-11-14-26(38(51)52)32(17-20)43(61)62/h1-18H,(H,49,50)(H,51,52)(H,53,54)(H,55,56)(H,57,58)(H,59,60)(H,61,62)(H,63,64). The molecule has 0 radical (unpaired) electrons. The number of carboxylic acid groups (broad SMARTS) is 8. The second-order valence-corrected chi connectivity index (χ2v) is 14.3. The highest BCUT2D eigenvalue weighted by molar-refractivity contribution is 6.18. The molecule has 0 amide bonds. The van der Waals surface area contributed by atoms with Crippen molar-refractivity contribution in [3.63, 3.8) is 0 Å². The molecule has 0 saturated heterocycles. The maximum Gasteiger partial charge on any atom is 0.347 e. The number of esters is 4. The van der Waals surface area contributed by atoms with Crippen LogP contribution in [0.1, 0.15) is 124 Å². The Morgan fingerprint density at radius 1 is 0.257 bits per heavy atom. The van der Waals surface area contributed by atoms with Gasteiger partial charge in [0, 0.05) is 0 Å². The van der Waals surface area contributed by atoms with Crippen LogP contribution in [0.5, 0.6) is 0 Å². The number of carboxylic acids is 8. The van der Waals surface area contributed by atoms with Gasteiger partial charge < -0.3 is 50.3 Å². The first-order valence-electron chi connectivity index (χ1n) is 19.3. The number of rotatable bonds is 15. The largest absolute Gasteiger partial charge is 0.478 e. The summed E-state index contributed by atoms with van der Waals surface area (Å²) in [6.07, 6.45) is 0. The van der Waals surface area contributed by atoms with Crippen molar-refractivity contribution in [3.05, 3.63) is 176 Å². The average Bonchev–Trinajstić information content (AvgIpc) is 3.32. The lowest BCUT2D eigenvalue weighted by Crippen LogP contribution is -2.22. The second-order valence-electron chi connectivity index (χ2n) is 14.3. The number of carbonyl (C=O) groups is 12. The van der Waals surface area contributed by atoms with Crippen molar-refractivity contribution in [2.24, 2.45) is 0 Å². The molecule has 0 spiro atoms. The molecule has 8 N–H and O–H groups in total. The zero-order valence-electron chi connectivity index (χ0n) is 34.7. The Labute approximate surface area is 388 Å². The zero-order chi connectivity index (χ0) is 51.5. The Bertz CT molecular complexity index is 3380. The van der Waals surface area contributed by atoms with Gasteiger partial charge in [0.15, 0.2) is 0 Å². The van der Waals surface area contributed by atoms with E-state index in [-0.39, 0.29) is 16.7 Å². The highest BCUT2D eigenvalue weighted by Gasteiger charge is 2.33. The van der Waals surface area contributed by atoms with Crippen LogP contribution in [0.3, 0.4) is 0 Å². The smallest absolute Gasteiger partial charge is 0.347 e. The molecular formula is C48H26O22. The van der Waals surface area contributed by atoms with Gasteiger partial charge in [0.2, 0.25) is 0 Å². The van der Waals surface area contributed by atoms with Crippen molar-refractivity contribution in [1.82, 2.24) is 0 Å². The summed E-state index contributed by atoms with van der Waals surface area (Å²) in [5, 5.41) is 78.1. The number of hydrogen-bond donors (Lipinski definition) is 8. The minimum absolute atomic E-state index is 0.258. The molecule has 6 aromatic rings. The molecule has 0 aliphatic carbocycles. The van der Waals surface area contributed by atoms with Gasteiger partial charge in [-0.15, -0.1) is 0 Å². The Hall–Kier alpha value is -10.6. The van der Waals surface area contributed by atoms with E-state index in [1.165, 1.54) is 0 Å². The van der Waals surface area contributed by atoms with Crippen LogP contribution in [-0.2, 0) is 9.47 Å². The number of carbonyl (C=O) groups excluding carboxylic acids is 4. The molecule has 0 heterocycles. The second kappa shape index (κ2) is 19.4. The predicted octanol–water partition coefficient (Wildman–Crippen LogP) is 6.27. The Balaban J connectivity index is 1.52. The van der Waals surface area contributed by atoms with Gasteiger partial charge in [0.05, 0.1) is 66.8 Å². The van der Waals surface area contributed by atoms with E-state index >= 15 is 0 Å². The number of hydrogen-bond acceptors (Lipinski definition) is 14. The lowest BCUT2D eigenvalue weighted by Gasteiger charge is -2.17. The van der Waals surface area contributed by atoms with Crippen LogP contribution in [0.2, 0.25) is 0 Å². The molecule has 22 heteroatoms. The Morgan fingerprint density at radius 2 is 0.500 bits per heavy atom. The molecule has 0 aromatic heterocycles. The molecule has 0 atom stereocenters. The normalized spacial score (nSPS) is 10.6. The zero-order valence-corrected chi connectivity index (χ0v) is 34.7. The number of aromatic carboxylic acids is 8. The van der Waals surface area contributed by atoms with Crippen LogP contribution >= 0.6 is 0 Å². The summed E-state index contributed by atoms with van der Waals surface area (Å²) in [7, 11) is 0. The van der Waals surface area contributed by atoms with Crippen LogP contribution in [0.15, 0.2) is 109 Å². The number of ether oxygens (including phenoxy) is 2. The van der Waals surface area contributed by atoms with Gasteiger partial charge in [-0.25, -0.2) is 57.5 Å². The van der Waals surface area contributed by atoms with Crippen LogP contribution in [0.25, 0.3) is 33.4 Å². The minimum Gasteiger partial charge on any atom is -0.478 e. The van der Waals surface area contributed by atoms with Gasteiger partial charge in [0.1, 0.15) is 0 Å². The van der Waals surface area contributed by atoms with Crippen molar-refractivity contribution in [2.75, 3.05) is 0 Å². The SMILES string of the molecule is O=C(O)c1ccc(-c2cccc(C(=O)O)c2C(=O)OC(=O)c2cccc(-c3ccc(C(=O)O)c(C(=O)O)c3)c2C(=O)OC(=O)c2c(C(=O)O)cccc2-c2ccc(C(=O)O)c(C(=O)O)c2)cc1C(=O)O. The van der Waals surface area contributed by atoms with Crippen molar-refractivity contribution < 1.29 is 108 Å². The fourth-order valence-corrected chi connectivity index (χ4v) is 7.17. The van der Waals surface area contributed by atoms with Crippen LogP contribution < -0.4 is 0 Å². The van der Waals surface area contributed by atoms with Crippen LogP contribution in [0.4, 0.5) is 0 Å². The Kier molecular flexibility index (Phi) is 13.6. The fraction of sp³-hybridized carbons (Fsp3) is 0. The monoisotopic (exact) mass is 954 g/mol. The summed E-state index contributed by atoms with van der Waals surface area (Å²) in [4.78, 5) is 153. The third-order valence-electron chi connectivity index (χ3n) is 10.2. The average molecular weight is 955 g/mol. The molecule has 22 nitrogen and oxygen atoms in total. The molecule has 0 unspecified atom stereocenters. The highest BCUT2D eigenvalue weighted by Crippen LogP contribution is 2.34. The third kappa shape index (κ3) is 9.52. The molecule has 6 rings (SSSR count). The lowest BCUT2D eigenvalue weighted by atomic mass is 9.92. The molecule has 0 aliphatic rings. The Morgan fingerprint density at radius 3 is 0.771 bits per heavy atom. The van der Waals surface area contributed by atoms with Crippen molar-refractivity contribution in [1.29, 1.82) is 0 Å². The van der Waals surface area contributed by atoms with Gasteiger partial charge in [-0.05, 0) is 88.0 Å². The maximum absolute atomic E-state index is 14.4. The summed E-state index contributed by atoms with van der Waals surface area (Å²) in [5.41, 5.74) is -12.4. The summed E-state index contributed by atoms with van der Waals surface area (Å²) in [6, 6.07) is 16.9. The quantitative estimate of drug-likeness (QED) is 0.0415. The summed E-state index contributed by atoms with van der Waals surface area (Å²) >= 11 is 0. The molecule has 0 fully saturated rings. The van der Waals surface area contributed by atoms with E-state index in [0.29, 0.717) is 0 Å². The summed E-state index contributed by atoms with van der Waals surface area (Å²) < 4.78 is 10.3. The van der Waals surface area contributed by atoms with Crippen LogP contribution in [-0.4, -0.2) is 112 Å². The maximum atomic E-state index is 14.4. The van der Waals surface area contributed by atoms with Gasteiger partial charge in [-0.1, -0.05) is 54.6 Å². The van der Waals surface area contributed by atoms with Gasteiger partial charge in [0.25, 0.3) is 0 Å². The van der Waals surface area contributed by atoms with Crippen molar-refractivity contribution in [2.45, 2.75) is 0 Å². The van der Waals surface area contributed by atoms with Crippen molar-refractivity contribution >= 4 is 71.6 Å². The van der Waals surface area contributed by atoms with E-state index in [0.717, 1.165) is 109 Å². The molecular weight excluding hydrogens is 929 g/mol. The summed E-state index contributed by atoms with van der Waals surface area (Å²) in [6.45, 7) is 0. The first-order valence-corrected chi connectivity index (χ1v) is 19.3. The van der Waals surface area contributed by atoms with E-state index in [1.54, 1.807) is 0 Å². The van der Waals surface area contributed by atoms with Gasteiger partial charge in [-0.2, -0.15) is 0 Å². The molecule has 6 aromatic carbocycles. The fourth-order valence-electron chi connectivity index (χ4n) is 7.17. The molecule has 70 heavy (non-hydrogen) atoms. The van der Waals surface area contributed by atoms with E-state index in [2.05, 4.69) is 0 Å². The highest BCUT2D eigenvalue weighted by atomic mass is 16.6. The lowest BCUT2D eigenvalue weighted by molar-refractivity contribution is 0.0355. The van der Waals surface area contributed by atoms with E-state index in [1.807, 2.05) is 0 Å². The van der Waals surface area contributed by atoms with E-state index in [4.69, 9.17) is 9.47 Å². The molecule has 350 valence electrons. The first kappa shape index (κ1) is 48.8. The van der Waals surface area contributed by atoms with Gasteiger partial charge >= 0.3 is 71.6 Å². The third-order valence-corrected chi connectivity index (χ3v) is 10.2. The van der Waals surface area contributed by atoms with Gasteiger partial charge in [-0.3, -0.25) is 0 Å². The molecule has 0 saturated carbocycles. The molecule has 0 aliphatic heterocycles. The topological polar surface area (TPSA) is 385 Å².